The average molecular weight is 1010 g/mol. The fourth-order valence-corrected chi connectivity index (χ4v) is 12.1. The maximum absolute atomic E-state index is 12.8. The fourth-order valence-electron chi connectivity index (χ4n) is 9.12. The molecule has 0 bridgehead atoms. The first-order valence-electron chi connectivity index (χ1n) is 22.5. The SMILES string of the molecule is C.Nc1ccc(S(=O)(=O)N[C@H]2CCC[C@@H](Nc3ncc(Cl)c(-c4c[nH]c5ccccc45)n3)C2)cc1.Nc1ccc(S(=O)(=O)N[C@H]2CCC[C@@H](Nc3ncc(Cl)c(C4=CCc5ccccc54)n3)C2)cc1. The highest BCUT2D eigenvalue weighted by atomic mass is 35.5. The molecule has 2 saturated carbocycles. The zero-order chi connectivity index (χ0) is 47.4. The third kappa shape index (κ3) is 11.7. The lowest BCUT2D eigenvalue weighted by atomic mass is 9.92. The second-order valence-electron chi connectivity index (χ2n) is 17.3. The van der Waals surface area contributed by atoms with Crippen molar-refractivity contribution >= 4 is 83.0 Å². The number of H-pyrrole nitrogens is 1. The molecule has 0 amide bonds. The summed E-state index contributed by atoms with van der Waals surface area (Å²) < 4.78 is 56.8. The van der Waals surface area contributed by atoms with Gasteiger partial charge in [0.1, 0.15) is 0 Å². The van der Waals surface area contributed by atoms with Gasteiger partial charge in [0.2, 0.25) is 31.9 Å². The largest absolute Gasteiger partial charge is 0.399 e. The van der Waals surface area contributed by atoms with Crippen LogP contribution in [-0.2, 0) is 26.5 Å². The number of allylic oxidation sites excluding steroid dienone is 1. The predicted octanol–water partition coefficient (Wildman–Crippen LogP) is 9.60. The van der Waals surface area contributed by atoms with E-state index in [4.69, 9.17) is 39.7 Å². The highest BCUT2D eigenvalue weighted by Crippen LogP contribution is 2.36. The quantitative estimate of drug-likeness (QED) is 0.0567. The number of nitrogens with one attached hydrogen (secondary N) is 5. The molecule has 3 aromatic heterocycles. The van der Waals surface area contributed by atoms with Gasteiger partial charge < -0.3 is 27.1 Å². The Morgan fingerprint density at radius 3 is 1.67 bits per heavy atom. The number of aromatic nitrogens is 5. The summed E-state index contributed by atoms with van der Waals surface area (Å²) in [6, 6.07) is 28.4. The summed E-state index contributed by atoms with van der Waals surface area (Å²) in [4.78, 5) is 21.8. The van der Waals surface area contributed by atoms with Crippen LogP contribution in [0.2, 0.25) is 10.0 Å². The summed E-state index contributed by atoms with van der Waals surface area (Å²) in [6.07, 6.45) is 14.5. The van der Waals surface area contributed by atoms with Crippen LogP contribution in [0.1, 0.15) is 75.6 Å². The summed E-state index contributed by atoms with van der Waals surface area (Å²) in [6.45, 7) is 0. The van der Waals surface area contributed by atoms with Crippen molar-refractivity contribution in [2.75, 3.05) is 22.1 Å². The summed E-state index contributed by atoms with van der Waals surface area (Å²) in [5.41, 5.74) is 19.1. The number of fused-ring (bicyclic) bond motifs is 2. The van der Waals surface area contributed by atoms with E-state index in [0.717, 1.165) is 72.5 Å². The normalized spacial score (nSPS) is 19.1. The molecule has 0 saturated heterocycles. The zero-order valence-electron chi connectivity index (χ0n) is 36.9. The van der Waals surface area contributed by atoms with E-state index in [0.29, 0.717) is 57.5 Å². The first kappa shape index (κ1) is 49.3. The highest BCUT2D eigenvalue weighted by Gasteiger charge is 2.29. The number of hydrogen-bond acceptors (Lipinski definition) is 12. The molecule has 19 heteroatoms. The molecule has 10 rings (SSSR count). The minimum absolute atomic E-state index is 0. The molecule has 3 aliphatic carbocycles. The van der Waals surface area contributed by atoms with Crippen LogP contribution in [0, 0.1) is 0 Å². The van der Waals surface area contributed by atoms with Crippen molar-refractivity contribution in [2.45, 2.75) is 99.2 Å². The van der Waals surface area contributed by atoms with E-state index >= 15 is 0 Å². The number of sulfonamides is 2. The van der Waals surface area contributed by atoms with Crippen LogP contribution in [0.5, 0.6) is 0 Å². The number of anilines is 4. The Balaban J connectivity index is 0.000000183. The Morgan fingerprint density at radius 1 is 0.594 bits per heavy atom. The Kier molecular flexibility index (Phi) is 15.2. The molecule has 15 nitrogen and oxygen atoms in total. The Hall–Kier alpha value is -6.08. The van der Waals surface area contributed by atoms with Gasteiger partial charge in [0.15, 0.2) is 0 Å². The molecular formula is C50H55Cl2N11O4S2. The number of aromatic amines is 1. The van der Waals surface area contributed by atoms with Crippen molar-refractivity contribution in [1.29, 1.82) is 0 Å². The standard InChI is InChI=1S/C25H26ClN5O2S.C24H25ClN6O2S.CH4/c26-23-15-28-25(30-24(23)22-13-8-16-4-1-2-7-21(16)22)29-18-5-3-6-19(14-18)31-34(32,33)20-11-9-17(27)10-12-20;25-21-14-28-24(30-23(21)20-13-27-22-7-2-1-6-19(20)22)29-16-4-3-5-17(12-16)31-34(32,33)18-10-8-15(26)9-11-18;/h1-2,4,7,9-13,15,18-19,31H,3,5-6,8,14,27H2,(H,28,29,30);1-2,6-11,13-14,16-17,27,31H,3-5,12,26H2,(H,28,29,30);1H4/t18-,19+;16-,17+;/m11./s1. The molecule has 3 aliphatic rings. The first-order chi connectivity index (χ1) is 32.8. The minimum atomic E-state index is -3.62. The topological polar surface area (TPSA) is 236 Å². The minimum Gasteiger partial charge on any atom is -0.399 e. The summed E-state index contributed by atoms with van der Waals surface area (Å²) >= 11 is 12.9. The number of nitrogens with two attached hydrogens (primary N) is 2. The van der Waals surface area contributed by atoms with Gasteiger partial charge in [0.25, 0.3) is 0 Å². The van der Waals surface area contributed by atoms with Crippen LogP contribution >= 0.6 is 23.2 Å². The van der Waals surface area contributed by atoms with Crippen LogP contribution in [0.25, 0.3) is 27.7 Å². The van der Waals surface area contributed by atoms with E-state index in [9.17, 15) is 16.8 Å². The van der Waals surface area contributed by atoms with E-state index in [1.54, 1.807) is 36.7 Å². The highest BCUT2D eigenvalue weighted by molar-refractivity contribution is 7.89. The summed E-state index contributed by atoms with van der Waals surface area (Å²) in [5, 5.41) is 8.78. The number of para-hydroxylation sites is 1. The molecule has 360 valence electrons. The van der Waals surface area contributed by atoms with Gasteiger partial charge in [-0.15, -0.1) is 0 Å². The first-order valence-corrected chi connectivity index (χ1v) is 26.2. The van der Waals surface area contributed by atoms with Gasteiger partial charge in [-0.2, -0.15) is 0 Å². The van der Waals surface area contributed by atoms with Crippen LogP contribution in [0.4, 0.5) is 23.3 Å². The molecule has 0 spiro atoms. The summed E-state index contributed by atoms with van der Waals surface area (Å²) in [5.74, 6) is 0.966. The van der Waals surface area contributed by atoms with Gasteiger partial charge in [0.05, 0.1) is 43.6 Å². The number of benzene rings is 4. The molecular weight excluding hydrogens is 954 g/mol. The van der Waals surface area contributed by atoms with Crippen LogP contribution in [-0.4, -0.2) is 65.9 Å². The van der Waals surface area contributed by atoms with Gasteiger partial charge >= 0.3 is 0 Å². The molecule has 0 aliphatic heterocycles. The molecule has 7 aromatic rings. The van der Waals surface area contributed by atoms with Gasteiger partial charge in [-0.25, -0.2) is 46.2 Å². The smallest absolute Gasteiger partial charge is 0.240 e. The molecule has 69 heavy (non-hydrogen) atoms. The van der Waals surface area contributed by atoms with E-state index in [2.05, 4.69) is 58.2 Å². The van der Waals surface area contributed by atoms with E-state index < -0.39 is 20.0 Å². The third-order valence-corrected chi connectivity index (χ3v) is 16.1. The third-order valence-electron chi connectivity index (χ3n) is 12.5. The monoisotopic (exact) mass is 1010 g/mol. The molecule has 2 fully saturated rings. The Labute approximate surface area is 413 Å². The molecule has 0 unspecified atom stereocenters. The number of nitrogen functional groups attached to an aromatic ring is 2. The number of halogens is 2. The van der Waals surface area contributed by atoms with E-state index in [1.165, 1.54) is 29.8 Å². The summed E-state index contributed by atoms with van der Waals surface area (Å²) in [7, 11) is -7.24. The number of nitrogens with zero attached hydrogens (tertiary/aromatic N) is 4. The van der Waals surface area contributed by atoms with Gasteiger partial charge in [-0.3, -0.25) is 0 Å². The zero-order valence-corrected chi connectivity index (χ0v) is 40.0. The maximum atomic E-state index is 12.8. The lowest BCUT2D eigenvalue weighted by molar-refractivity contribution is 0.384. The molecule has 0 radical (unpaired) electrons. The number of rotatable bonds is 12. The predicted molar refractivity (Wildman–Crippen MR) is 277 cm³/mol. The Morgan fingerprint density at radius 2 is 1.09 bits per heavy atom. The Bertz CT molecular complexity index is 3190. The van der Waals surface area contributed by atoms with E-state index in [1.807, 2.05) is 42.6 Å². The van der Waals surface area contributed by atoms with Crippen LogP contribution < -0.4 is 31.5 Å². The lowest BCUT2D eigenvalue weighted by Gasteiger charge is -2.30. The van der Waals surface area contributed by atoms with Crippen molar-refractivity contribution in [3.63, 3.8) is 0 Å². The lowest BCUT2D eigenvalue weighted by Crippen LogP contribution is -2.41. The van der Waals surface area contributed by atoms with Gasteiger partial charge in [0, 0.05) is 63.8 Å². The van der Waals surface area contributed by atoms with Crippen molar-refractivity contribution in [1.82, 2.24) is 34.4 Å². The van der Waals surface area contributed by atoms with Crippen molar-refractivity contribution in [2.24, 2.45) is 0 Å². The molecule has 3 heterocycles. The van der Waals surface area contributed by atoms with Crippen LogP contribution in [0.15, 0.2) is 132 Å². The van der Waals surface area contributed by atoms with Crippen molar-refractivity contribution in [3.05, 3.63) is 149 Å². The van der Waals surface area contributed by atoms with Crippen molar-refractivity contribution < 1.29 is 16.8 Å². The maximum Gasteiger partial charge on any atom is 0.240 e. The van der Waals surface area contributed by atoms with Gasteiger partial charge in [-0.05, 0) is 124 Å². The average Bonchev–Trinajstić information content (AvgIpc) is 3.96. The molecule has 4 aromatic carbocycles. The van der Waals surface area contributed by atoms with E-state index in [-0.39, 0.29) is 41.4 Å². The second kappa shape index (κ2) is 21.3. The van der Waals surface area contributed by atoms with Crippen molar-refractivity contribution in [3.8, 4) is 11.3 Å². The van der Waals surface area contributed by atoms with Gasteiger partial charge in [-0.1, -0.05) is 79.2 Å². The molecule has 9 N–H and O–H groups in total. The fraction of sp³-hybridized carbons (Fsp3) is 0.280. The second-order valence-corrected chi connectivity index (χ2v) is 21.5. The number of hydrogen-bond donors (Lipinski definition) is 7. The van der Waals surface area contributed by atoms with Crippen LogP contribution in [0.3, 0.4) is 0 Å². The molecule has 4 atom stereocenters.